The molecule has 0 bridgehead atoms. The number of aliphatic carboxylic acids is 1. The van der Waals surface area contributed by atoms with E-state index in [0.717, 1.165) is 19.1 Å². The van der Waals surface area contributed by atoms with Gasteiger partial charge in [0.15, 0.2) is 0 Å². The van der Waals surface area contributed by atoms with Gasteiger partial charge in [-0.2, -0.15) is 8.42 Å². The Kier molecular flexibility index (Phi) is 5.29. The van der Waals surface area contributed by atoms with Gasteiger partial charge in [-0.1, -0.05) is 12.1 Å². The van der Waals surface area contributed by atoms with Crippen molar-refractivity contribution in [3.05, 3.63) is 29.8 Å². The number of aromatic carboxylic acids is 1. The van der Waals surface area contributed by atoms with Gasteiger partial charge in [-0.25, -0.2) is 4.79 Å². The molecule has 7 nitrogen and oxygen atoms in total. The summed E-state index contributed by atoms with van der Waals surface area (Å²) in [7, 11) is -4.46. The molecule has 1 aromatic rings. The van der Waals surface area contributed by atoms with Gasteiger partial charge in [0.25, 0.3) is 16.1 Å². The minimum absolute atomic E-state index is 0.440. The lowest BCUT2D eigenvalue weighted by atomic mass is 10.2. The molecule has 0 amide bonds. The number of hydrogen-bond acceptors (Lipinski definition) is 4. The molecular weight excluding hydrogens is 252 g/mol. The maximum atomic E-state index is 10.7. The molecule has 8 heteroatoms. The van der Waals surface area contributed by atoms with E-state index in [1.54, 1.807) is 0 Å². The van der Waals surface area contributed by atoms with E-state index in [9.17, 15) is 13.2 Å². The lowest BCUT2D eigenvalue weighted by Crippen LogP contribution is -2.07. The van der Waals surface area contributed by atoms with Gasteiger partial charge in [-0.3, -0.25) is 9.35 Å². The lowest BCUT2D eigenvalue weighted by molar-refractivity contribution is -0.134. The molecule has 1 rings (SSSR count). The van der Waals surface area contributed by atoms with Crippen molar-refractivity contribution in [2.24, 2.45) is 0 Å². The Morgan fingerprint density at radius 3 is 1.82 bits per heavy atom. The van der Waals surface area contributed by atoms with E-state index in [2.05, 4.69) is 0 Å². The Morgan fingerprint density at radius 1 is 1.12 bits per heavy atom. The second-order valence-corrected chi connectivity index (χ2v) is 4.19. The van der Waals surface area contributed by atoms with Crippen LogP contribution >= 0.6 is 0 Å². The summed E-state index contributed by atoms with van der Waals surface area (Å²) in [5.41, 5.74) is -0.440. The van der Waals surface area contributed by atoms with Crippen molar-refractivity contribution in [2.75, 3.05) is 0 Å². The van der Waals surface area contributed by atoms with Crippen LogP contribution in [0.15, 0.2) is 29.2 Å². The third kappa shape index (κ3) is 5.64. The monoisotopic (exact) mass is 262 g/mol. The van der Waals surface area contributed by atoms with Crippen LogP contribution in [0.2, 0.25) is 0 Å². The van der Waals surface area contributed by atoms with Crippen LogP contribution in [-0.4, -0.2) is 35.1 Å². The van der Waals surface area contributed by atoms with Crippen LogP contribution in [0.25, 0.3) is 0 Å². The molecule has 3 N–H and O–H groups in total. The molecule has 0 saturated carbocycles. The Labute approximate surface area is 97.1 Å². The fourth-order valence-electron chi connectivity index (χ4n) is 0.868. The van der Waals surface area contributed by atoms with Gasteiger partial charge >= 0.3 is 5.97 Å². The van der Waals surface area contributed by atoms with Crippen LogP contribution in [0.3, 0.4) is 0 Å². The Hall–Kier alpha value is -1.93. The van der Waals surface area contributed by atoms with Crippen molar-refractivity contribution in [2.45, 2.75) is 11.8 Å². The van der Waals surface area contributed by atoms with Gasteiger partial charge in [0, 0.05) is 6.92 Å². The second-order valence-electron chi connectivity index (χ2n) is 2.80. The number of benzene rings is 1. The molecule has 0 aliphatic rings. The highest BCUT2D eigenvalue weighted by Gasteiger charge is 2.18. The summed E-state index contributed by atoms with van der Waals surface area (Å²) in [6.07, 6.45) is 0. The van der Waals surface area contributed by atoms with Crippen LogP contribution in [-0.2, 0) is 14.9 Å². The van der Waals surface area contributed by atoms with Crippen LogP contribution in [0.4, 0.5) is 0 Å². The molecule has 0 radical (unpaired) electrons. The SMILES string of the molecule is CC(=O)O.O=C(O)c1ccccc1S(=O)(=O)O. The van der Waals surface area contributed by atoms with Crippen LogP contribution < -0.4 is 0 Å². The van der Waals surface area contributed by atoms with Gasteiger partial charge in [-0.05, 0) is 12.1 Å². The zero-order valence-corrected chi connectivity index (χ0v) is 9.51. The molecule has 1 aromatic carbocycles. The summed E-state index contributed by atoms with van der Waals surface area (Å²) in [6, 6.07) is 4.83. The molecule has 0 aliphatic carbocycles. The average molecular weight is 262 g/mol. The van der Waals surface area contributed by atoms with E-state index in [-0.39, 0.29) is 0 Å². The molecule has 0 aliphatic heterocycles. The lowest BCUT2D eigenvalue weighted by Gasteiger charge is -2.00. The Morgan fingerprint density at radius 2 is 1.53 bits per heavy atom. The average Bonchev–Trinajstić information content (AvgIpc) is 2.15. The largest absolute Gasteiger partial charge is 0.481 e. The van der Waals surface area contributed by atoms with Crippen LogP contribution in [0.5, 0.6) is 0 Å². The maximum Gasteiger partial charge on any atom is 0.337 e. The maximum absolute atomic E-state index is 10.7. The van der Waals surface area contributed by atoms with Gasteiger partial charge in [0.05, 0.1) is 5.56 Å². The number of carbonyl (C=O) groups is 2. The fourth-order valence-corrected chi connectivity index (χ4v) is 1.55. The minimum Gasteiger partial charge on any atom is -0.481 e. The van der Waals surface area contributed by atoms with E-state index < -0.39 is 32.5 Å². The first kappa shape index (κ1) is 15.1. The zero-order valence-electron chi connectivity index (χ0n) is 8.69. The summed E-state index contributed by atoms with van der Waals surface area (Å²) in [5.74, 6) is -2.23. The van der Waals surface area contributed by atoms with Gasteiger partial charge in [0.1, 0.15) is 4.90 Å². The van der Waals surface area contributed by atoms with Crippen LogP contribution in [0, 0.1) is 0 Å². The van der Waals surface area contributed by atoms with Crippen molar-refractivity contribution in [1.82, 2.24) is 0 Å². The number of carboxylic acids is 2. The normalized spacial score (nSPS) is 10.0. The molecule has 0 heterocycles. The van der Waals surface area contributed by atoms with Crippen molar-refractivity contribution >= 4 is 22.1 Å². The highest BCUT2D eigenvalue weighted by Crippen LogP contribution is 2.14. The van der Waals surface area contributed by atoms with Gasteiger partial charge in [0.2, 0.25) is 0 Å². The van der Waals surface area contributed by atoms with Crippen molar-refractivity contribution in [1.29, 1.82) is 0 Å². The zero-order chi connectivity index (χ0) is 13.6. The second kappa shape index (κ2) is 5.97. The van der Waals surface area contributed by atoms with E-state index in [0.29, 0.717) is 0 Å². The standard InChI is InChI=1S/C7H6O5S.C2H4O2/c8-7(9)5-3-1-2-4-6(5)13(10,11)12;1-2(3)4/h1-4H,(H,8,9)(H,10,11,12);1H3,(H,3,4). The first-order valence-corrected chi connectivity index (χ1v) is 5.59. The number of carboxylic acid groups (broad SMARTS) is 2. The Bertz CT molecular complexity index is 514. The summed E-state index contributed by atoms with van der Waals surface area (Å²) in [4.78, 5) is 18.9. The molecule has 0 saturated heterocycles. The summed E-state index contributed by atoms with van der Waals surface area (Å²) >= 11 is 0. The number of rotatable bonds is 2. The molecular formula is C9H10O7S. The smallest absolute Gasteiger partial charge is 0.337 e. The molecule has 17 heavy (non-hydrogen) atoms. The van der Waals surface area contributed by atoms with E-state index in [1.807, 2.05) is 0 Å². The topological polar surface area (TPSA) is 129 Å². The van der Waals surface area contributed by atoms with Gasteiger partial charge < -0.3 is 10.2 Å². The minimum atomic E-state index is -4.46. The summed E-state index contributed by atoms with van der Waals surface area (Å²) in [5, 5.41) is 16.0. The molecule has 94 valence electrons. The van der Waals surface area contributed by atoms with Gasteiger partial charge in [-0.15, -0.1) is 0 Å². The highest BCUT2D eigenvalue weighted by molar-refractivity contribution is 7.86. The van der Waals surface area contributed by atoms with Crippen molar-refractivity contribution in [3.8, 4) is 0 Å². The first-order valence-electron chi connectivity index (χ1n) is 4.15. The first-order chi connectivity index (χ1) is 7.66. The quantitative estimate of drug-likeness (QED) is 0.669. The highest BCUT2D eigenvalue weighted by atomic mass is 32.2. The Balaban J connectivity index is 0.000000557. The molecule has 0 unspecified atom stereocenters. The molecule has 0 spiro atoms. The van der Waals surface area contributed by atoms with E-state index in [1.165, 1.54) is 12.1 Å². The predicted octanol–water partition coefficient (Wildman–Crippen LogP) is 0.722. The number of hydrogen-bond donors (Lipinski definition) is 3. The fraction of sp³-hybridized carbons (Fsp3) is 0.111. The molecule has 0 aromatic heterocycles. The van der Waals surface area contributed by atoms with E-state index >= 15 is 0 Å². The molecule has 0 atom stereocenters. The van der Waals surface area contributed by atoms with Crippen molar-refractivity contribution < 1.29 is 32.8 Å². The van der Waals surface area contributed by atoms with E-state index in [4.69, 9.17) is 19.6 Å². The molecule has 0 fully saturated rings. The van der Waals surface area contributed by atoms with Crippen LogP contribution in [0.1, 0.15) is 17.3 Å². The third-order valence-electron chi connectivity index (χ3n) is 1.40. The van der Waals surface area contributed by atoms with Crippen molar-refractivity contribution in [3.63, 3.8) is 0 Å². The summed E-state index contributed by atoms with van der Waals surface area (Å²) < 4.78 is 29.9. The predicted molar refractivity (Wildman–Crippen MR) is 56.5 cm³/mol. The summed E-state index contributed by atoms with van der Waals surface area (Å²) in [6.45, 7) is 1.08. The third-order valence-corrected chi connectivity index (χ3v) is 2.31.